The predicted molar refractivity (Wildman–Crippen MR) is 50.2 cm³/mol. The predicted octanol–water partition coefficient (Wildman–Crippen LogP) is 2.91. The van der Waals surface area contributed by atoms with Crippen LogP contribution in [-0.4, -0.2) is 18.7 Å². The Morgan fingerprint density at radius 3 is 2.12 bits per heavy atom. The van der Waals surface area contributed by atoms with E-state index in [9.17, 15) is 22.0 Å². The van der Waals surface area contributed by atoms with Crippen molar-refractivity contribution in [3.8, 4) is 0 Å². The van der Waals surface area contributed by atoms with Gasteiger partial charge in [0.1, 0.15) is 6.61 Å². The van der Waals surface area contributed by atoms with E-state index in [1.807, 2.05) is 5.48 Å². The molecular formula is C10H10F5NO. The van der Waals surface area contributed by atoms with Crippen molar-refractivity contribution in [2.24, 2.45) is 0 Å². The van der Waals surface area contributed by atoms with Crippen molar-refractivity contribution in [3.63, 3.8) is 0 Å². The van der Waals surface area contributed by atoms with E-state index < -0.39 is 18.7 Å². The summed E-state index contributed by atoms with van der Waals surface area (Å²) in [6, 6.07) is 8.53. The second-order valence-electron chi connectivity index (χ2n) is 3.30. The highest BCUT2D eigenvalue weighted by atomic mass is 19.4. The van der Waals surface area contributed by atoms with E-state index in [4.69, 9.17) is 0 Å². The minimum Gasteiger partial charge on any atom is -0.295 e. The van der Waals surface area contributed by atoms with Crippen LogP contribution in [0.1, 0.15) is 5.56 Å². The molecule has 0 aliphatic heterocycles. The number of hydrogen-bond donors (Lipinski definition) is 1. The molecule has 17 heavy (non-hydrogen) atoms. The molecule has 0 unspecified atom stereocenters. The highest BCUT2D eigenvalue weighted by Crippen LogP contribution is 2.35. The SMILES string of the molecule is FC(F)(F)C(F)(F)CONCc1ccccc1. The molecule has 0 aromatic heterocycles. The minimum absolute atomic E-state index is 0.0504. The highest BCUT2D eigenvalue weighted by Gasteiger charge is 2.57. The molecule has 0 heterocycles. The van der Waals surface area contributed by atoms with Crippen LogP contribution < -0.4 is 5.48 Å². The van der Waals surface area contributed by atoms with Gasteiger partial charge in [-0.15, -0.1) is 0 Å². The molecule has 0 atom stereocenters. The zero-order chi connectivity index (χ0) is 12.9. The van der Waals surface area contributed by atoms with Crippen LogP contribution in [0.4, 0.5) is 22.0 Å². The highest BCUT2D eigenvalue weighted by molar-refractivity contribution is 5.13. The monoisotopic (exact) mass is 255 g/mol. The number of alkyl halides is 5. The third-order valence-corrected chi connectivity index (χ3v) is 1.89. The van der Waals surface area contributed by atoms with Crippen molar-refractivity contribution in [2.75, 3.05) is 6.61 Å². The molecule has 1 N–H and O–H groups in total. The van der Waals surface area contributed by atoms with Crippen molar-refractivity contribution in [1.29, 1.82) is 0 Å². The van der Waals surface area contributed by atoms with Gasteiger partial charge in [0.05, 0.1) is 0 Å². The van der Waals surface area contributed by atoms with Crippen LogP contribution in [0.3, 0.4) is 0 Å². The maximum atomic E-state index is 12.4. The van der Waals surface area contributed by atoms with Crippen LogP contribution >= 0.6 is 0 Å². The van der Waals surface area contributed by atoms with Gasteiger partial charge < -0.3 is 0 Å². The third-order valence-electron chi connectivity index (χ3n) is 1.89. The van der Waals surface area contributed by atoms with Gasteiger partial charge in [-0.25, -0.2) is 0 Å². The van der Waals surface area contributed by atoms with Gasteiger partial charge in [-0.05, 0) is 5.56 Å². The van der Waals surface area contributed by atoms with Crippen molar-refractivity contribution in [1.82, 2.24) is 5.48 Å². The molecule has 0 aliphatic rings. The van der Waals surface area contributed by atoms with Crippen LogP contribution in [0, 0.1) is 0 Å². The molecule has 0 fully saturated rings. The standard InChI is InChI=1S/C10H10F5NO/c11-9(12,10(13,14)15)7-17-16-6-8-4-2-1-3-5-8/h1-5,16H,6-7H2. The Labute approximate surface area is 94.3 Å². The lowest BCUT2D eigenvalue weighted by Gasteiger charge is -2.19. The lowest BCUT2D eigenvalue weighted by Crippen LogP contribution is -2.42. The van der Waals surface area contributed by atoms with E-state index in [1.165, 1.54) is 0 Å². The second kappa shape index (κ2) is 5.42. The van der Waals surface area contributed by atoms with Gasteiger partial charge in [-0.2, -0.15) is 27.4 Å². The molecule has 2 nitrogen and oxygen atoms in total. The van der Waals surface area contributed by atoms with Gasteiger partial charge in [0.25, 0.3) is 0 Å². The first-order valence-corrected chi connectivity index (χ1v) is 4.66. The first kappa shape index (κ1) is 13.9. The number of hydroxylamine groups is 1. The smallest absolute Gasteiger partial charge is 0.295 e. The number of hydrogen-bond acceptors (Lipinski definition) is 2. The molecule has 1 aromatic carbocycles. The van der Waals surface area contributed by atoms with Gasteiger partial charge >= 0.3 is 12.1 Å². The fraction of sp³-hybridized carbons (Fsp3) is 0.400. The summed E-state index contributed by atoms with van der Waals surface area (Å²) in [6.45, 7) is -1.70. The number of benzene rings is 1. The van der Waals surface area contributed by atoms with Crippen LogP contribution in [0.15, 0.2) is 30.3 Å². The van der Waals surface area contributed by atoms with Crippen LogP contribution in [0.5, 0.6) is 0 Å². The summed E-state index contributed by atoms with van der Waals surface area (Å²) in [6.07, 6.45) is -5.60. The maximum Gasteiger partial charge on any atom is 0.455 e. The van der Waals surface area contributed by atoms with E-state index in [-0.39, 0.29) is 6.54 Å². The molecule has 0 amide bonds. The summed E-state index contributed by atoms with van der Waals surface area (Å²) in [5.41, 5.74) is 2.76. The number of rotatable bonds is 5. The lowest BCUT2D eigenvalue weighted by molar-refractivity contribution is -0.301. The minimum atomic E-state index is -5.60. The molecule has 0 spiro atoms. The van der Waals surface area contributed by atoms with Crippen LogP contribution in [0.2, 0.25) is 0 Å². The summed E-state index contributed by atoms with van der Waals surface area (Å²) in [5.74, 6) is -4.85. The summed E-state index contributed by atoms with van der Waals surface area (Å²) < 4.78 is 59.9. The van der Waals surface area contributed by atoms with E-state index in [0.717, 1.165) is 0 Å². The molecule has 0 saturated carbocycles. The van der Waals surface area contributed by atoms with Gasteiger partial charge in [0.2, 0.25) is 0 Å². The topological polar surface area (TPSA) is 21.3 Å². The third kappa shape index (κ3) is 4.27. The quantitative estimate of drug-likeness (QED) is 0.496. The largest absolute Gasteiger partial charge is 0.455 e. The lowest BCUT2D eigenvalue weighted by atomic mass is 10.2. The molecule has 96 valence electrons. The molecule has 0 bridgehead atoms. The Morgan fingerprint density at radius 2 is 1.59 bits per heavy atom. The first-order chi connectivity index (χ1) is 7.83. The Kier molecular flexibility index (Phi) is 4.41. The molecule has 0 saturated heterocycles. The van der Waals surface area contributed by atoms with Gasteiger partial charge in [-0.1, -0.05) is 30.3 Å². The fourth-order valence-corrected chi connectivity index (χ4v) is 0.954. The summed E-state index contributed by atoms with van der Waals surface area (Å²) in [5, 5.41) is 0. The van der Waals surface area contributed by atoms with Gasteiger partial charge in [-0.3, -0.25) is 4.84 Å². The number of halogens is 5. The van der Waals surface area contributed by atoms with Crippen molar-refractivity contribution >= 4 is 0 Å². The zero-order valence-electron chi connectivity index (χ0n) is 8.60. The average Bonchev–Trinajstić information content (AvgIpc) is 2.24. The zero-order valence-corrected chi connectivity index (χ0v) is 8.60. The molecule has 1 aromatic rings. The van der Waals surface area contributed by atoms with E-state index in [1.54, 1.807) is 30.3 Å². The van der Waals surface area contributed by atoms with Crippen molar-refractivity contribution in [3.05, 3.63) is 35.9 Å². The van der Waals surface area contributed by atoms with Crippen LogP contribution in [0.25, 0.3) is 0 Å². The van der Waals surface area contributed by atoms with E-state index in [0.29, 0.717) is 5.56 Å². The normalized spacial score (nSPS) is 12.8. The molecule has 0 radical (unpaired) electrons. The second-order valence-corrected chi connectivity index (χ2v) is 3.30. The van der Waals surface area contributed by atoms with Gasteiger partial charge in [0.15, 0.2) is 0 Å². The van der Waals surface area contributed by atoms with E-state index in [2.05, 4.69) is 4.84 Å². The number of nitrogens with one attached hydrogen (secondary N) is 1. The summed E-state index contributed by atoms with van der Waals surface area (Å²) in [7, 11) is 0. The molecular weight excluding hydrogens is 245 g/mol. The van der Waals surface area contributed by atoms with Crippen molar-refractivity contribution in [2.45, 2.75) is 18.6 Å². The maximum absolute atomic E-state index is 12.4. The van der Waals surface area contributed by atoms with E-state index >= 15 is 0 Å². The summed E-state index contributed by atoms with van der Waals surface area (Å²) >= 11 is 0. The van der Waals surface area contributed by atoms with Gasteiger partial charge in [0, 0.05) is 6.54 Å². The van der Waals surface area contributed by atoms with Crippen LogP contribution in [-0.2, 0) is 11.4 Å². The Hall–Kier alpha value is -1.21. The summed E-state index contributed by atoms with van der Waals surface area (Å²) in [4.78, 5) is 4.11. The molecule has 1 rings (SSSR count). The Bertz CT molecular complexity index is 338. The first-order valence-electron chi connectivity index (χ1n) is 4.66. The molecule has 0 aliphatic carbocycles. The average molecular weight is 255 g/mol. The molecule has 7 heteroatoms. The Morgan fingerprint density at radius 1 is 1.00 bits per heavy atom. The van der Waals surface area contributed by atoms with Crippen molar-refractivity contribution < 1.29 is 26.8 Å². The Balaban J connectivity index is 2.30. The fourth-order valence-electron chi connectivity index (χ4n) is 0.954.